The van der Waals surface area contributed by atoms with Crippen LogP contribution in [0, 0.1) is 0 Å². The number of aryl methyl sites for hydroxylation is 1. The third-order valence-corrected chi connectivity index (χ3v) is 2.90. The maximum Gasteiger partial charge on any atom is 0.263 e. The van der Waals surface area contributed by atoms with Crippen molar-refractivity contribution in [3.63, 3.8) is 0 Å². The van der Waals surface area contributed by atoms with Crippen molar-refractivity contribution in [2.45, 2.75) is 32.8 Å². The number of carbonyl (C=O) groups excluding carboxylic acids is 1. The molecule has 1 aromatic rings. The number of hydrogen-bond donors (Lipinski definition) is 2. The summed E-state index contributed by atoms with van der Waals surface area (Å²) in [7, 11) is 0. The zero-order valence-corrected chi connectivity index (χ0v) is 9.80. The van der Waals surface area contributed by atoms with Crippen molar-refractivity contribution in [2.24, 2.45) is 0 Å². The number of nitrogens with one attached hydrogen (secondary N) is 1. The Labute approximate surface area is 93.4 Å². The fourth-order valence-electron chi connectivity index (χ4n) is 1.18. The maximum atomic E-state index is 11.6. The molecule has 0 aromatic carbocycles. The van der Waals surface area contributed by atoms with Crippen LogP contribution in [0.3, 0.4) is 0 Å². The summed E-state index contributed by atoms with van der Waals surface area (Å²) in [4.78, 5) is 16.4. The van der Waals surface area contributed by atoms with E-state index in [4.69, 9.17) is 5.11 Å². The van der Waals surface area contributed by atoms with Gasteiger partial charge in [-0.2, -0.15) is 0 Å². The lowest BCUT2D eigenvalue weighted by Gasteiger charge is -2.05. The number of hydrogen-bond acceptors (Lipinski definition) is 4. The van der Waals surface area contributed by atoms with Crippen LogP contribution in [0.5, 0.6) is 0 Å². The van der Waals surface area contributed by atoms with Crippen molar-refractivity contribution in [3.05, 3.63) is 16.1 Å². The Morgan fingerprint density at radius 2 is 2.47 bits per heavy atom. The molecule has 1 unspecified atom stereocenters. The molecule has 1 amide bonds. The smallest absolute Gasteiger partial charge is 0.263 e. The molecular formula is C10H16N2O2S. The molecule has 0 radical (unpaired) electrons. The Kier molecular flexibility index (Phi) is 4.71. The zero-order chi connectivity index (χ0) is 11.3. The molecule has 84 valence electrons. The summed E-state index contributed by atoms with van der Waals surface area (Å²) in [5, 5.41) is 11.8. The summed E-state index contributed by atoms with van der Waals surface area (Å²) in [6.07, 6.45) is 0.965. The summed E-state index contributed by atoms with van der Waals surface area (Å²) < 4.78 is 0. The minimum Gasteiger partial charge on any atom is -0.393 e. The van der Waals surface area contributed by atoms with Gasteiger partial charge in [-0.25, -0.2) is 4.98 Å². The van der Waals surface area contributed by atoms with Crippen molar-refractivity contribution in [1.82, 2.24) is 10.3 Å². The Balaban J connectivity index is 2.47. The third kappa shape index (κ3) is 3.60. The second kappa shape index (κ2) is 5.82. The van der Waals surface area contributed by atoms with Gasteiger partial charge in [-0.05, 0) is 19.8 Å². The van der Waals surface area contributed by atoms with Gasteiger partial charge in [0.25, 0.3) is 5.91 Å². The quantitative estimate of drug-likeness (QED) is 0.796. The topological polar surface area (TPSA) is 62.2 Å². The highest BCUT2D eigenvalue weighted by Crippen LogP contribution is 2.13. The molecule has 0 fully saturated rings. The SMILES string of the molecule is CCc1ncsc1C(=O)NCCC(C)O. The first kappa shape index (κ1) is 12.1. The molecule has 4 nitrogen and oxygen atoms in total. The Morgan fingerprint density at radius 1 is 1.73 bits per heavy atom. The molecule has 0 bridgehead atoms. The molecule has 0 spiro atoms. The van der Waals surface area contributed by atoms with Gasteiger partial charge < -0.3 is 10.4 Å². The van der Waals surface area contributed by atoms with E-state index < -0.39 is 0 Å². The average molecular weight is 228 g/mol. The number of amides is 1. The third-order valence-electron chi connectivity index (χ3n) is 2.03. The summed E-state index contributed by atoms with van der Waals surface area (Å²) in [5.74, 6) is -0.0880. The summed E-state index contributed by atoms with van der Waals surface area (Å²) in [6, 6.07) is 0. The lowest BCUT2D eigenvalue weighted by molar-refractivity contribution is 0.0948. The van der Waals surface area contributed by atoms with E-state index in [0.29, 0.717) is 17.8 Å². The highest BCUT2D eigenvalue weighted by atomic mass is 32.1. The first-order valence-corrected chi connectivity index (χ1v) is 5.91. The normalized spacial score (nSPS) is 12.5. The van der Waals surface area contributed by atoms with Gasteiger partial charge in [0.1, 0.15) is 4.88 Å². The molecule has 0 aliphatic rings. The average Bonchev–Trinajstić information content (AvgIpc) is 2.64. The highest BCUT2D eigenvalue weighted by molar-refractivity contribution is 7.11. The van der Waals surface area contributed by atoms with Crippen LogP contribution in [-0.4, -0.2) is 28.6 Å². The van der Waals surface area contributed by atoms with E-state index in [1.54, 1.807) is 12.4 Å². The molecule has 0 saturated carbocycles. The van der Waals surface area contributed by atoms with Gasteiger partial charge in [0.05, 0.1) is 17.3 Å². The first-order valence-electron chi connectivity index (χ1n) is 5.03. The summed E-state index contributed by atoms with van der Waals surface area (Å²) in [6.45, 7) is 4.18. The van der Waals surface area contributed by atoms with Crippen LogP contribution in [0.15, 0.2) is 5.51 Å². The van der Waals surface area contributed by atoms with Crippen LogP contribution in [0.4, 0.5) is 0 Å². The number of nitrogens with zero attached hydrogens (tertiary/aromatic N) is 1. The minimum atomic E-state index is -0.377. The largest absolute Gasteiger partial charge is 0.393 e. The predicted octanol–water partition coefficient (Wildman–Crippen LogP) is 1.21. The van der Waals surface area contributed by atoms with Crippen molar-refractivity contribution in [3.8, 4) is 0 Å². The van der Waals surface area contributed by atoms with Gasteiger partial charge in [0.2, 0.25) is 0 Å². The molecule has 2 N–H and O–H groups in total. The predicted molar refractivity (Wildman–Crippen MR) is 60.1 cm³/mol. The number of aliphatic hydroxyl groups is 1. The highest BCUT2D eigenvalue weighted by Gasteiger charge is 2.12. The second-order valence-electron chi connectivity index (χ2n) is 3.38. The van der Waals surface area contributed by atoms with Gasteiger partial charge in [0, 0.05) is 6.54 Å². The van der Waals surface area contributed by atoms with E-state index >= 15 is 0 Å². The molecule has 5 heteroatoms. The van der Waals surface area contributed by atoms with E-state index in [1.807, 2.05) is 6.92 Å². The van der Waals surface area contributed by atoms with E-state index in [2.05, 4.69) is 10.3 Å². The van der Waals surface area contributed by atoms with E-state index in [0.717, 1.165) is 12.1 Å². The van der Waals surface area contributed by atoms with Crippen molar-refractivity contribution in [2.75, 3.05) is 6.54 Å². The molecule has 1 rings (SSSR count). The van der Waals surface area contributed by atoms with Crippen LogP contribution in [0.1, 0.15) is 35.6 Å². The van der Waals surface area contributed by atoms with Gasteiger partial charge in [-0.3, -0.25) is 4.79 Å². The number of carbonyl (C=O) groups is 1. The molecular weight excluding hydrogens is 212 g/mol. The maximum absolute atomic E-state index is 11.6. The van der Waals surface area contributed by atoms with E-state index in [-0.39, 0.29) is 12.0 Å². The minimum absolute atomic E-state index is 0.0880. The van der Waals surface area contributed by atoms with Gasteiger partial charge in [-0.15, -0.1) is 11.3 Å². The summed E-state index contributed by atoms with van der Waals surface area (Å²) in [5.41, 5.74) is 2.53. The monoisotopic (exact) mass is 228 g/mol. The second-order valence-corrected chi connectivity index (χ2v) is 4.23. The number of aromatic nitrogens is 1. The van der Waals surface area contributed by atoms with Crippen LogP contribution < -0.4 is 5.32 Å². The van der Waals surface area contributed by atoms with E-state index in [1.165, 1.54) is 11.3 Å². The van der Waals surface area contributed by atoms with Crippen LogP contribution in [0.25, 0.3) is 0 Å². The van der Waals surface area contributed by atoms with Crippen molar-refractivity contribution < 1.29 is 9.90 Å². The zero-order valence-electron chi connectivity index (χ0n) is 8.99. The van der Waals surface area contributed by atoms with Crippen LogP contribution in [0.2, 0.25) is 0 Å². The number of thiazole rings is 1. The fraction of sp³-hybridized carbons (Fsp3) is 0.600. The van der Waals surface area contributed by atoms with Crippen molar-refractivity contribution in [1.29, 1.82) is 0 Å². The Morgan fingerprint density at radius 3 is 3.07 bits per heavy atom. The molecule has 1 aromatic heterocycles. The Hall–Kier alpha value is -0.940. The number of aliphatic hydroxyl groups excluding tert-OH is 1. The fourth-order valence-corrected chi connectivity index (χ4v) is 1.98. The summed E-state index contributed by atoms with van der Waals surface area (Å²) >= 11 is 1.36. The molecule has 0 aliphatic carbocycles. The standard InChI is InChI=1S/C10H16N2O2S/c1-3-8-9(15-6-12-8)10(14)11-5-4-7(2)13/h6-7,13H,3-5H2,1-2H3,(H,11,14). The molecule has 0 saturated heterocycles. The van der Waals surface area contributed by atoms with Gasteiger partial charge >= 0.3 is 0 Å². The van der Waals surface area contributed by atoms with Crippen molar-refractivity contribution >= 4 is 17.2 Å². The molecule has 15 heavy (non-hydrogen) atoms. The molecule has 1 heterocycles. The van der Waals surface area contributed by atoms with Gasteiger partial charge in [-0.1, -0.05) is 6.92 Å². The van der Waals surface area contributed by atoms with Gasteiger partial charge in [0.15, 0.2) is 0 Å². The van der Waals surface area contributed by atoms with Crippen LogP contribution in [-0.2, 0) is 6.42 Å². The van der Waals surface area contributed by atoms with Crippen LogP contribution >= 0.6 is 11.3 Å². The first-order chi connectivity index (χ1) is 7.15. The Bertz CT molecular complexity index is 323. The lowest BCUT2D eigenvalue weighted by atomic mass is 10.2. The molecule has 1 atom stereocenters. The molecule has 0 aliphatic heterocycles. The number of rotatable bonds is 5. The van der Waals surface area contributed by atoms with E-state index in [9.17, 15) is 4.79 Å². The lowest BCUT2D eigenvalue weighted by Crippen LogP contribution is -2.26.